The summed E-state index contributed by atoms with van der Waals surface area (Å²) in [6.07, 6.45) is 4.63. The number of anilines is 1. The lowest BCUT2D eigenvalue weighted by Gasteiger charge is -2.11. The predicted octanol–water partition coefficient (Wildman–Crippen LogP) is 3.93. The molecule has 1 rings (SSSR count). The average Bonchev–Trinajstić information content (AvgIpc) is 2.18. The molecule has 2 heteroatoms. The molecule has 0 fully saturated rings. The molecule has 1 unspecified atom stereocenters. The molecule has 2 N–H and O–H groups in total. The summed E-state index contributed by atoms with van der Waals surface area (Å²) < 4.78 is 0. The highest BCUT2D eigenvalue weighted by molar-refractivity contribution is 6.21. The molecular formula is C12H17ClN. The van der Waals surface area contributed by atoms with Gasteiger partial charge in [0.05, 0.1) is 5.38 Å². The van der Waals surface area contributed by atoms with E-state index in [0.29, 0.717) is 0 Å². The fraction of sp³-hybridized carbons (Fsp3) is 0.500. The van der Waals surface area contributed by atoms with Crippen LogP contribution in [-0.2, 0) is 0 Å². The lowest BCUT2D eigenvalue weighted by Crippen LogP contribution is -1.97. The zero-order valence-electron chi connectivity index (χ0n) is 8.59. The molecule has 1 atom stereocenters. The highest BCUT2D eigenvalue weighted by Crippen LogP contribution is 2.30. The highest BCUT2D eigenvalue weighted by Gasteiger charge is 2.09. The third kappa shape index (κ3) is 3.22. The van der Waals surface area contributed by atoms with Gasteiger partial charge in [0.2, 0.25) is 0 Å². The molecule has 0 aliphatic heterocycles. The van der Waals surface area contributed by atoms with Crippen molar-refractivity contribution in [2.45, 2.75) is 38.0 Å². The van der Waals surface area contributed by atoms with Gasteiger partial charge in [-0.15, -0.1) is 11.6 Å². The van der Waals surface area contributed by atoms with Crippen LogP contribution in [0, 0.1) is 6.07 Å². The Labute approximate surface area is 91.3 Å². The van der Waals surface area contributed by atoms with Crippen LogP contribution in [0.4, 0.5) is 5.69 Å². The molecule has 14 heavy (non-hydrogen) atoms. The number of nitrogen functional groups attached to an aromatic ring is 1. The molecule has 0 bridgehead atoms. The zero-order chi connectivity index (χ0) is 10.4. The summed E-state index contributed by atoms with van der Waals surface area (Å²) in [4.78, 5) is 0. The molecular weight excluding hydrogens is 194 g/mol. The van der Waals surface area contributed by atoms with Crippen molar-refractivity contribution in [3.05, 3.63) is 29.8 Å². The zero-order valence-corrected chi connectivity index (χ0v) is 9.35. The second kappa shape index (κ2) is 5.92. The molecule has 0 amide bonds. The molecule has 77 valence electrons. The Morgan fingerprint density at radius 2 is 2.29 bits per heavy atom. The van der Waals surface area contributed by atoms with Gasteiger partial charge in [-0.2, -0.15) is 0 Å². The number of halogens is 1. The summed E-state index contributed by atoms with van der Waals surface area (Å²) in [6, 6.07) is 8.54. The van der Waals surface area contributed by atoms with Crippen LogP contribution in [0.5, 0.6) is 0 Å². The third-order valence-corrected chi connectivity index (χ3v) is 2.78. The Kier molecular flexibility index (Phi) is 4.81. The van der Waals surface area contributed by atoms with Gasteiger partial charge in [0.25, 0.3) is 0 Å². The maximum absolute atomic E-state index is 6.25. The molecule has 0 aromatic heterocycles. The monoisotopic (exact) mass is 210 g/mol. The number of hydrogen-bond acceptors (Lipinski definition) is 1. The SMILES string of the molecule is CCCCCC(Cl)c1cc[c]cc1N. The average molecular weight is 211 g/mol. The first kappa shape index (κ1) is 11.4. The molecule has 0 spiro atoms. The van der Waals surface area contributed by atoms with Crippen LogP contribution in [0.1, 0.15) is 43.5 Å². The van der Waals surface area contributed by atoms with Crippen molar-refractivity contribution in [3.63, 3.8) is 0 Å². The fourth-order valence-electron chi connectivity index (χ4n) is 1.47. The number of alkyl halides is 1. The molecule has 0 saturated heterocycles. The smallest absolute Gasteiger partial charge is 0.0605 e. The van der Waals surface area contributed by atoms with Crippen molar-refractivity contribution in [1.82, 2.24) is 0 Å². The van der Waals surface area contributed by atoms with Crippen LogP contribution in [-0.4, -0.2) is 0 Å². The summed E-state index contributed by atoms with van der Waals surface area (Å²) in [6.45, 7) is 2.19. The minimum atomic E-state index is 0.0520. The summed E-state index contributed by atoms with van der Waals surface area (Å²) in [5.74, 6) is 0. The maximum atomic E-state index is 6.25. The van der Waals surface area contributed by atoms with E-state index in [-0.39, 0.29) is 5.38 Å². The molecule has 1 radical (unpaired) electrons. The fourth-order valence-corrected chi connectivity index (χ4v) is 1.82. The second-order valence-corrected chi connectivity index (χ2v) is 4.05. The standard InChI is InChI=1S/C12H17ClN/c1-2-3-4-8-11(13)10-7-5-6-9-12(10)14/h5,7,9,11H,2-4,8,14H2,1H3. The number of unbranched alkanes of at least 4 members (excludes halogenated alkanes) is 2. The van der Waals surface area contributed by atoms with E-state index in [1.54, 1.807) is 6.07 Å². The van der Waals surface area contributed by atoms with Crippen molar-refractivity contribution < 1.29 is 0 Å². The lowest BCUT2D eigenvalue weighted by molar-refractivity contribution is 0.656. The van der Waals surface area contributed by atoms with Crippen molar-refractivity contribution in [2.75, 3.05) is 5.73 Å². The quantitative estimate of drug-likeness (QED) is 0.445. The van der Waals surface area contributed by atoms with Crippen molar-refractivity contribution in [1.29, 1.82) is 0 Å². The predicted molar refractivity (Wildman–Crippen MR) is 62.4 cm³/mol. The Morgan fingerprint density at radius 1 is 1.50 bits per heavy atom. The van der Waals surface area contributed by atoms with Gasteiger partial charge in [0.15, 0.2) is 0 Å². The van der Waals surface area contributed by atoms with Gasteiger partial charge in [-0.05, 0) is 24.1 Å². The van der Waals surface area contributed by atoms with Crippen LogP contribution in [0.25, 0.3) is 0 Å². The van der Waals surface area contributed by atoms with Gasteiger partial charge >= 0.3 is 0 Å². The highest BCUT2D eigenvalue weighted by atomic mass is 35.5. The van der Waals surface area contributed by atoms with Gasteiger partial charge in [-0.25, -0.2) is 0 Å². The molecule has 0 aliphatic rings. The van der Waals surface area contributed by atoms with Crippen LogP contribution >= 0.6 is 11.6 Å². The van der Waals surface area contributed by atoms with Crippen molar-refractivity contribution in [2.24, 2.45) is 0 Å². The van der Waals surface area contributed by atoms with E-state index in [2.05, 4.69) is 13.0 Å². The normalized spacial score (nSPS) is 12.7. The Bertz CT molecular complexity index is 273. The first-order chi connectivity index (χ1) is 6.75. The van der Waals surface area contributed by atoms with E-state index in [9.17, 15) is 0 Å². The van der Waals surface area contributed by atoms with Gasteiger partial charge in [0, 0.05) is 5.69 Å². The molecule has 1 aromatic carbocycles. The van der Waals surface area contributed by atoms with E-state index < -0.39 is 0 Å². The van der Waals surface area contributed by atoms with Crippen LogP contribution in [0.2, 0.25) is 0 Å². The van der Waals surface area contributed by atoms with E-state index in [0.717, 1.165) is 17.7 Å². The lowest BCUT2D eigenvalue weighted by atomic mass is 10.0. The van der Waals surface area contributed by atoms with E-state index >= 15 is 0 Å². The number of hydrogen-bond donors (Lipinski definition) is 1. The summed E-state index contributed by atoms with van der Waals surface area (Å²) in [7, 11) is 0. The first-order valence-corrected chi connectivity index (χ1v) is 5.59. The first-order valence-electron chi connectivity index (χ1n) is 5.15. The topological polar surface area (TPSA) is 26.0 Å². The number of rotatable bonds is 5. The maximum Gasteiger partial charge on any atom is 0.0605 e. The second-order valence-electron chi connectivity index (χ2n) is 3.52. The van der Waals surface area contributed by atoms with Crippen LogP contribution < -0.4 is 5.73 Å². The molecule has 0 aliphatic carbocycles. The minimum absolute atomic E-state index is 0.0520. The summed E-state index contributed by atoms with van der Waals surface area (Å²) in [5.41, 5.74) is 7.61. The van der Waals surface area contributed by atoms with E-state index in [4.69, 9.17) is 17.3 Å². The Hall–Kier alpha value is -0.690. The van der Waals surface area contributed by atoms with Crippen molar-refractivity contribution >= 4 is 17.3 Å². The Balaban J connectivity index is 2.51. The number of nitrogens with two attached hydrogens (primary N) is 1. The van der Waals surface area contributed by atoms with Gasteiger partial charge in [-0.1, -0.05) is 38.3 Å². The molecule has 0 saturated carbocycles. The van der Waals surface area contributed by atoms with Gasteiger partial charge in [-0.3, -0.25) is 0 Å². The number of benzene rings is 1. The van der Waals surface area contributed by atoms with E-state index in [1.807, 2.05) is 12.1 Å². The van der Waals surface area contributed by atoms with Gasteiger partial charge in [0.1, 0.15) is 0 Å². The van der Waals surface area contributed by atoms with Crippen LogP contribution in [0.15, 0.2) is 18.2 Å². The van der Waals surface area contributed by atoms with Gasteiger partial charge < -0.3 is 5.73 Å². The summed E-state index contributed by atoms with van der Waals surface area (Å²) >= 11 is 6.25. The third-order valence-electron chi connectivity index (χ3n) is 2.33. The summed E-state index contributed by atoms with van der Waals surface area (Å²) in [5, 5.41) is 0.0520. The van der Waals surface area contributed by atoms with Crippen LogP contribution in [0.3, 0.4) is 0 Å². The molecule has 1 aromatic rings. The molecule has 1 nitrogen and oxygen atoms in total. The largest absolute Gasteiger partial charge is 0.398 e. The van der Waals surface area contributed by atoms with E-state index in [1.165, 1.54) is 19.3 Å². The molecule has 0 heterocycles. The Morgan fingerprint density at radius 3 is 2.93 bits per heavy atom. The minimum Gasteiger partial charge on any atom is -0.398 e. The van der Waals surface area contributed by atoms with Crippen molar-refractivity contribution in [3.8, 4) is 0 Å².